The van der Waals surface area contributed by atoms with Crippen LogP contribution in [0, 0.1) is 5.82 Å². The SMILES string of the molecule is Fc1ccc(-c2cc(-c3cccs3)nc3c2C(=S)N(c2ccncc2)C3)cc1. The molecule has 0 radical (unpaired) electrons. The Morgan fingerprint density at radius 1 is 1.04 bits per heavy atom. The monoisotopic (exact) mass is 403 g/mol. The molecule has 0 atom stereocenters. The zero-order valence-electron chi connectivity index (χ0n) is 14.7. The summed E-state index contributed by atoms with van der Waals surface area (Å²) in [4.78, 5) is 12.9. The number of halogens is 1. The van der Waals surface area contributed by atoms with E-state index in [0.717, 1.165) is 43.6 Å². The van der Waals surface area contributed by atoms with Gasteiger partial charge in [0.15, 0.2) is 0 Å². The van der Waals surface area contributed by atoms with Gasteiger partial charge in [-0.25, -0.2) is 9.37 Å². The van der Waals surface area contributed by atoms with Crippen molar-refractivity contribution in [1.82, 2.24) is 9.97 Å². The summed E-state index contributed by atoms with van der Waals surface area (Å²) in [7, 11) is 0. The van der Waals surface area contributed by atoms with Gasteiger partial charge in [0.1, 0.15) is 10.8 Å². The molecular weight excluding hydrogens is 389 g/mol. The molecule has 136 valence electrons. The molecule has 0 saturated heterocycles. The molecular formula is C22H14FN3S2. The Labute approximate surface area is 171 Å². The fourth-order valence-corrected chi connectivity index (χ4v) is 4.53. The van der Waals surface area contributed by atoms with Crippen molar-refractivity contribution in [2.75, 3.05) is 4.90 Å². The molecule has 3 nitrogen and oxygen atoms in total. The van der Waals surface area contributed by atoms with Gasteiger partial charge in [0.2, 0.25) is 0 Å². The van der Waals surface area contributed by atoms with Gasteiger partial charge in [0.25, 0.3) is 0 Å². The Morgan fingerprint density at radius 3 is 2.54 bits per heavy atom. The third kappa shape index (κ3) is 2.91. The summed E-state index contributed by atoms with van der Waals surface area (Å²) in [5.41, 5.74) is 5.69. The lowest BCUT2D eigenvalue weighted by molar-refractivity contribution is 0.628. The lowest BCUT2D eigenvalue weighted by Crippen LogP contribution is -2.22. The fraction of sp³-hybridized carbons (Fsp3) is 0.0455. The molecule has 5 rings (SSSR count). The molecule has 0 aliphatic carbocycles. The van der Waals surface area contributed by atoms with Crippen molar-refractivity contribution < 1.29 is 4.39 Å². The number of fused-ring (bicyclic) bond motifs is 1. The normalized spacial score (nSPS) is 13.0. The van der Waals surface area contributed by atoms with Crippen LogP contribution in [0.3, 0.4) is 0 Å². The van der Waals surface area contributed by atoms with Crippen molar-refractivity contribution in [1.29, 1.82) is 0 Å². The molecule has 4 aromatic rings. The van der Waals surface area contributed by atoms with Crippen LogP contribution >= 0.6 is 23.6 Å². The number of benzene rings is 1. The van der Waals surface area contributed by atoms with Gasteiger partial charge >= 0.3 is 0 Å². The number of thiophene rings is 1. The van der Waals surface area contributed by atoms with E-state index >= 15 is 0 Å². The minimum atomic E-state index is -0.256. The Morgan fingerprint density at radius 2 is 1.82 bits per heavy atom. The molecule has 4 heterocycles. The maximum atomic E-state index is 13.5. The number of rotatable bonds is 3. The highest BCUT2D eigenvalue weighted by atomic mass is 32.1. The molecule has 0 N–H and O–H groups in total. The van der Waals surface area contributed by atoms with Crippen molar-refractivity contribution in [2.24, 2.45) is 0 Å². The Balaban J connectivity index is 1.69. The summed E-state index contributed by atoms with van der Waals surface area (Å²) in [6, 6.07) is 16.5. The fourth-order valence-electron chi connectivity index (χ4n) is 3.45. The molecule has 1 aromatic carbocycles. The second-order valence-electron chi connectivity index (χ2n) is 6.46. The van der Waals surface area contributed by atoms with Crippen molar-refractivity contribution in [3.05, 3.63) is 89.4 Å². The van der Waals surface area contributed by atoms with Crippen molar-refractivity contribution in [3.8, 4) is 21.7 Å². The van der Waals surface area contributed by atoms with Gasteiger partial charge in [-0.1, -0.05) is 30.4 Å². The molecule has 0 saturated carbocycles. The van der Waals surface area contributed by atoms with E-state index in [1.165, 1.54) is 12.1 Å². The highest BCUT2D eigenvalue weighted by Gasteiger charge is 2.30. The average Bonchev–Trinajstić information content (AvgIpc) is 3.37. The van der Waals surface area contributed by atoms with Gasteiger partial charge < -0.3 is 4.90 Å². The van der Waals surface area contributed by atoms with Gasteiger partial charge in [-0.05, 0) is 52.9 Å². The first-order chi connectivity index (χ1) is 13.7. The molecule has 1 aliphatic rings. The molecule has 1 aliphatic heterocycles. The Kier molecular flexibility index (Phi) is 4.22. The Hall–Kier alpha value is -2.96. The van der Waals surface area contributed by atoms with Crippen LogP contribution in [0.2, 0.25) is 0 Å². The van der Waals surface area contributed by atoms with Gasteiger partial charge in [-0.15, -0.1) is 11.3 Å². The van der Waals surface area contributed by atoms with E-state index in [2.05, 4.69) is 22.0 Å². The topological polar surface area (TPSA) is 29.0 Å². The predicted octanol–water partition coefficient (Wildman–Crippen LogP) is 5.71. The van der Waals surface area contributed by atoms with Crippen molar-refractivity contribution in [2.45, 2.75) is 6.54 Å². The van der Waals surface area contributed by atoms with Crippen molar-refractivity contribution in [3.63, 3.8) is 0 Å². The zero-order chi connectivity index (χ0) is 19.1. The number of nitrogens with zero attached hydrogens (tertiary/aromatic N) is 3. The van der Waals surface area contributed by atoms with E-state index < -0.39 is 0 Å². The van der Waals surface area contributed by atoms with E-state index in [4.69, 9.17) is 17.2 Å². The standard InChI is InChI=1S/C22H14FN3S2/c23-15-5-3-14(4-6-15)17-12-18(20-2-1-11-28-20)25-19-13-26(22(27)21(17)19)16-7-9-24-10-8-16/h1-12H,13H2. The van der Waals surface area contributed by atoms with Crippen LogP contribution in [0.1, 0.15) is 11.3 Å². The largest absolute Gasteiger partial charge is 0.326 e. The van der Waals surface area contributed by atoms with Crippen LogP contribution in [0.25, 0.3) is 21.7 Å². The molecule has 0 fully saturated rings. The first-order valence-electron chi connectivity index (χ1n) is 8.76. The number of pyridine rings is 2. The van der Waals surface area contributed by atoms with Crippen LogP contribution < -0.4 is 4.90 Å². The van der Waals surface area contributed by atoms with E-state index in [0.29, 0.717) is 6.54 Å². The minimum Gasteiger partial charge on any atom is -0.326 e. The highest BCUT2D eigenvalue weighted by molar-refractivity contribution is 7.81. The third-order valence-electron chi connectivity index (χ3n) is 4.76. The minimum absolute atomic E-state index is 0.256. The van der Waals surface area contributed by atoms with E-state index in [9.17, 15) is 4.39 Å². The number of hydrogen-bond donors (Lipinski definition) is 0. The van der Waals surface area contributed by atoms with E-state index in [1.807, 2.05) is 23.6 Å². The molecule has 6 heteroatoms. The van der Waals surface area contributed by atoms with Gasteiger partial charge in [0, 0.05) is 23.6 Å². The van der Waals surface area contributed by atoms with E-state index in [-0.39, 0.29) is 5.82 Å². The first kappa shape index (κ1) is 17.2. The first-order valence-corrected chi connectivity index (χ1v) is 10.0. The maximum absolute atomic E-state index is 13.5. The summed E-state index contributed by atoms with van der Waals surface area (Å²) in [6.07, 6.45) is 3.51. The second-order valence-corrected chi connectivity index (χ2v) is 7.79. The van der Waals surface area contributed by atoms with Crippen LogP contribution in [-0.2, 0) is 6.54 Å². The molecule has 0 unspecified atom stereocenters. The molecule has 0 spiro atoms. The van der Waals surface area contributed by atoms with Crippen LogP contribution in [0.5, 0.6) is 0 Å². The third-order valence-corrected chi connectivity index (χ3v) is 6.08. The van der Waals surface area contributed by atoms with Crippen LogP contribution in [0.15, 0.2) is 72.4 Å². The van der Waals surface area contributed by atoms with Gasteiger partial charge in [-0.3, -0.25) is 4.98 Å². The molecule has 28 heavy (non-hydrogen) atoms. The Bertz CT molecular complexity index is 1160. The van der Waals surface area contributed by atoms with Gasteiger partial charge in [-0.2, -0.15) is 0 Å². The molecule has 0 bridgehead atoms. The number of hydrogen-bond acceptors (Lipinski definition) is 4. The summed E-state index contributed by atoms with van der Waals surface area (Å²) in [5, 5.41) is 2.04. The zero-order valence-corrected chi connectivity index (χ0v) is 16.3. The molecule has 0 amide bonds. The van der Waals surface area contributed by atoms with Gasteiger partial charge in [0.05, 0.1) is 22.8 Å². The average molecular weight is 404 g/mol. The maximum Gasteiger partial charge on any atom is 0.123 e. The number of anilines is 1. The molecule has 3 aromatic heterocycles. The van der Waals surface area contributed by atoms with Crippen molar-refractivity contribution >= 4 is 34.2 Å². The lowest BCUT2D eigenvalue weighted by Gasteiger charge is -2.17. The summed E-state index contributed by atoms with van der Waals surface area (Å²) in [5.74, 6) is -0.256. The quantitative estimate of drug-likeness (QED) is 0.410. The predicted molar refractivity (Wildman–Crippen MR) is 115 cm³/mol. The number of thiocarbonyl (C=S) groups is 1. The lowest BCUT2D eigenvalue weighted by atomic mass is 9.98. The summed E-state index contributed by atoms with van der Waals surface area (Å²) >= 11 is 7.48. The van der Waals surface area contributed by atoms with Crippen LogP contribution in [-0.4, -0.2) is 15.0 Å². The smallest absolute Gasteiger partial charge is 0.123 e. The second kappa shape index (κ2) is 6.89. The number of aromatic nitrogens is 2. The highest BCUT2D eigenvalue weighted by Crippen LogP contribution is 2.38. The van der Waals surface area contributed by atoms with Crippen LogP contribution in [0.4, 0.5) is 10.1 Å². The van der Waals surface area contributed by atoms with E-state index in [1.54, 1.807) is 35.9 Å². The summed E-state index contributed by atoms with van der Waals surface area (Å²) < 4.78 is 13.5. The summed E-state index contributed by atoms with van der Waals surface area (Å²) in [6.45, 7) is 0.603.